The Morgan fingerprint density at radius 3 is 2.29 bits per heavy atom. The van der Waals surface area contributed by atoms with Gasteiger partial charge in [-0.15, -0.1) is 10.2 Å². The molecule has 1 spiro atoms. The number of urea groups is 1. The molecule has 24 heavy (non-hydrogen) atoms. The van der Waals surface area contributed by atoms with E-state index in [-0.39, 0.29) is 19.4 Å². The average molecular weight is 425 g/mol. The zero-order chi connectivity index (χ0) is 17.3. The molecule has 1 aromatic heterocycles. The van der Waals surface area contributed by atoms with Crippen LogP contribution >= 0.6 is 27.3 Å². The number of aromatic nitrogens is 2. The molecule has 6 nitrogen and oxygen atoms in total. The van der Waals surface area contributed by atoms with Crippen molar-refractivity contribution in [3.63, 3.8) is 0 Å². The first-order chi connectivity index (χ1) is 11.2. The number of hydrogen-bond acceptors (Lipinski definition) is 5. The largest absolute Gasteiger partial charge is 0.396 e. The fraction of sp³-hybridized carbons (Fsp3) is 0.692. The molecule has 2 saturated carbocycles. The van der Waals surface area contributed by atoms with E-state index in [1.807, 2.05) is 0 Å². The van der Waals surface area contributed by atoms with E-state index in [0.29, 0.717) is 21.8 Å². The molecule has 0 N–H and O–H groups in total. The summed E-state index contributed by atoms with van der Waals surface area (Å²) in [7, 11) is 0. The minimum Gasteiger partial charge on any atom is -0.303 e. The van der Waals surface area contributed by atoms with Gasteiger partial charge in [0.25, 0.3) is 5.91 Å². The third-order valence-electron chi connectivity index (χ3n) is 5.00. The zero-order valence-corrected chi connectivity index (χ0v) is 14.7. The Labute approximate surface area is 147 Å². The third-order valence-corrected chi connectivity index (χ3v) is 6.34. The van der Waals surface area contributed by atoms with Crippen molar-refractivity contribution in [3.8, 4) is 0 Å². The van der Waals surface area contributed by atoms with Crippen molar-refractivity contribution in [3.05, 3.63) is 8.92 Å². The van der Waals surface area contributed by atoms with Crippen LogP contribution in [0.2, 0.25) is 0 Å². The number of alkyl halides is 3. The van der Waals surface area contributed by atoms with Gasteiger partial charge in [-0.05, 0) is 41.6 Å². The van der Waals surface area contributed by atoms with Gasteiger partial charge in [-0.1, -0.05) is 11.3 Å². The Hall–Kier alpha value is -1.23. The van der Waals surface area contributed by atoms with Gasteiger partial charge in [-0.25, -0.2) is 4.79 Å². The Morgan fingerprint density at radius 1 is 1.17 bits per heavy atom. The van der Waals surface area contributed by atoms with E-state index in [0.717, 1.165) is 4.90 Å². The highest BCUT2D eigenvalue weighted by molar-refractivity contribution is 9.11. The summed E-state index contributed by atoms with van der Waals surface area (Å²) in [6.45, 7) is -0.490. The van der Waals surface area contributed by atoms with Gasteiger partial charge in [0.1, 0.15) is 10.5 Å². The summed E-state index contributed by atoms with van der Waals surface area (Å²) in [6.07, 6.45) is -3.52. The van der Waals surface area contributed by atoms with E-state index in [1.54, 1.807) is 0 Å². The first kappa shape index (κ1) is 16.2. The Kier molecular flexibility index (Phi) is 3.32. The van der Waals surface area contributed by atoms with Crippen molar-refractivity contribution >= 4 is 39.2 Å². The number of nitrogens with zero attached hydrogens (tertiary/aromatic N) is 4. The van der Waals surface area contributed by atoms with Gasteiger partial charge in [-0.3, -0.25) is 9.69 Å². The lowest BCUT2D eigenvalue weighted by Gasteiger charge is -2.24. The van der Waals surface area contributed by atoms with Gasteiger partial charge in [0.15, 0.2) is 3.92 Å². The van der Waals surface area contributed by atoms with E-state index < -0.39 is 35.6 Å². The van der Waals surface area contributed by atoms with Crippen LogP contribution in [0.1, 0.15) is 30.7 Å². The molecule has 4 rings (SSSR count). The van der Waals surface area contributed by atoms with Gasteiger partial charge in [-0.2, -0.15) is 13.2 Å². The molecule has 0 atom stereocenters. The molecule has 3 fully saturated rings. The number of hydrogen-bond donors (Lipinski definition) is 0. The van der Waals surface area contributed by atoms with Crippen LogP contribution in [0.5, 0.6) is 0 Å². The first-order valence-corrected chi connectivity index (χ1v) is 8.98. The van der Waals surface area contributed by atoms with E-state index in [9.17, 15) is 22.8 Å². The molecule has 0 radical (unpaired) electrons. The van der Waals surface area contributed by atoms with Gasteiger partial charge in [0.05, 0.1) is 12.0 Å². The number of rotatable bonds is 4. The average Bonchev–Trinajstić information content (AvgIpc) is 3.39. The smallest absolute Gasteiger partial charge is 0.303 e. The molecule has 1 aromatic rings. The van der Waals surface area contributed by atoms with Crippen LogP contribution < -0.4 is 0 Å². The van der Waals surface area contributed by atoms with Crippen molar-refractivity contribution in [2.45, 2.75) is 43.9 Å². The summed E-state index contributed by atoms with van der Waals surface area (Å²) >= 11 is 4.40. The van der Waals surface area contributed by atoms with Crippen LogP contribution in [0.15, 0.2) is 3.92 Å². The van der Waals surface area contributed by atoms with Crippen molar-refractivity contribution in [2.24, 2.45) is 5.41 Å². The van der Waals surface area contributed by atoms with Crippen molar-refractivity contribution in [2.75, 3.05) is 6.54 Å². The SMILES string of the molecule is O=C1N(CC2(C(F)(F)F)CC2)C(=O)C2(CC2)N1Cc1nnc(Br)s1. The van der Waals surface area contributed by atoms with Crippen LogP contribution in [-0.4, -0.2) is 50.2 Å². The summed E-state index contributed by atoms with van der Waals surface area (Å²) < 4.78 is 40.1. The van der Waals surface area contributed by atoms with Gasteiger partial charge >= 0.3 is 12.2 Å². The highest BCUT2D eigenvalue weighted by atomic mass is 79.9. The van der Waals surface area contributed by atoms with Crippen LogP contribution in [0, 0.1) is 5.41 Å². The quantitative estimate of drug-likeness (QED) is 0.696. The minimum atomic E-state index is -4.40. The van der Waals surface area contributed by atoms with E-state index in [1.165, 1.54) is 16.2 Å². The van der Waals surface area contributed by atoms with Crippen molar-refractivity contribution in [1.82, 2.24) is 20.0 Å². The normalized spacial score (nSPS) is 24.2. The second kappa shape index (κ2) is 4.90. The molecule has 3 aliphatic rings. The fourth-order valence-electron chi connectivity index (χ4n) is 3.16. The van der Waals surface area contributed by atoms with Crippen LogP contribution in [0.3, 0.4) is 0 Å². The number of carbonyl (C=O) groups excluding carboxylic acids is 2. The first-order valence-electron chi connectivity index (χ1n) is 7.37. The molecule has 2 heterocycles. The standard InChI is InChI=1S/C13H12BrF3N4O2S/c14-9-19-18-7(24-9)5-21-10(23)20(8(22)12(21)3-4-12)6-11(1-2-11)13(15,16)17/h1-6H2. The van der Waals surface area contributed by atoms with Crippen LogP contribution in [0.25, 0.3) is 0 Å². The highest BCUT2D eigenvalue weighted by Gasteiger charge is 2.70. The molecule has 0 unspecified atom stereocenters. The van der Waals surface area contributed by atoms with Crippen LogP contribution in [-0.2, 0) is 11.3 Å². The van der Waals surface area contributed by atoms with Gasteiger partial charge in [0.2, 0.25) is 0 Å². The maximum atomic E-state index is 13.2. The molecular formula is C13H12BrF3N4O2S. The molecule has 1 saturated heterocycles. The topological polar surface area (TPSA) is 66.4 Å². The summed E-state index contributed by atoms with van der Waals surface area (Å²) in [5.41, 5.74) is -2.90. The molecule has 1 aliphatic heterocycles. The van der Waals surface area contributed by atoms with E-state index >= 15 is 0 Å². The second-order valence-corrected chi connectivity index (χ2v) is 8.86. The minimum absolute atomic E-state index is 0.0378. The maximum Gasteiger partial charge on any atom is 0.396 e. The van der Waals surface area contributed by atoms with E-state index in [2.05, 4.69) is 26.1 Å². The molecule has 0 aromatic carbocycles. The second-order valence-electron chi connectivity index (χ2n) is 6.52. The lowest BCUT2D eigenvalue weighted by Crippen LogP contribution is -2.42. The lowest BCUT2D eigenvalue weighted by molar-refractivity contribution is -0.190. The lowest BCUT2D eigenvalue weighted by atomic mass is 10.1. The molecule has 3 amide bonds. The maximum absolute atomic E-state index is 13.2. The monoisotopic (exact) mass is 424 g/mol. The van der Waals surface area contributed by atoms with Crippen molar-refractivity contribution < 1.29 is 22.8 Å². The van der Waals surface area contributed by atoms with Gasteiger partial charge < -0.3 is 4.90 Å². The van der Waals surface area contributed by atoms with Gasteiger partial charge in [0, 0.05) is 6.54 Å². The molecule has 0 bridgehead atoms. The number of imide groups is 1. The molecule has 2 aliphatic carbocycles. The predicted octanol–water partition coefficient (Wildman–Crippen LogP) is 2.94. The number of halogens is 4. The summed E-state index contributed by atoms with van der Waals surface area (Å²) in [6, 6.07) is -0.653. The van der Waals surface area contributed by atoms with Crippen molar-refractivity contribution in [1.29, 1.82) is 0 Å². The predicted molar refractivity (Wildman–Crippen MR) is 79.9 cm³/mol. The van der Waals surface area contributed by atoms with E-state index in [4.69, 9.17) is 0 Å². The molecular weight excluding hydrogens is 413 g/mol. The third kappa shape index (κ3) is 2.27. The summed E-state index contributed by atoms with van der Waals surface area (Å²) in [5.74, 6) is -0.508. The summed E-state index contributed by atoms with van der Waals surface area (Å²) in [4.78, 5) is 27.4. The number of amides is 3. The molecule has 130 valence electrons. The number of carbonyl (C=O) groups is 2. The highest BCUT2D eigenvalue weighted by Crippen LogP contribution is 2.59. The van der Waals surface area contributed by atoms with Crippen LogP contribution in [0.4, 0.5) is 18.0 Å². The fourth-order valence-corrected chi connectivity index (χ4v) is 4.35. The Bertz CT molecular complexity index is 729. The Morgan fingerprint density at radius 2 is 1.83 bits per heavy atom. The molecule has 11 heteroatoms. The zero-order valence-electron chi connectivity index (χ0n) is 12.3. The Balaban J connectivity index is 1.57. The summed E-state index contributed by atoms with van der Waals surface area (Å²) in [5, 5.41) is 8.23.